The fourth-order valence-corrected chi connectivity index (χ4v) is 2.32. The van der Waals surface area contributed by atoms with Gasteiger partial charge in [-0.25, -0.2) is 10.9 Å². The molecule has 2 aromatic rings. The minimum atomic E-state index is -0.278. The fourth-order valence-electron chi connectivity index (χ4n) is 2.32. The molecule has 0 bridgehead atoms. The van der Waals surface area contributed by atoms with Crippen molar-refractivity contribution in [2.24, 2.45) is 5.84 Å². The summed E-state index contributed by atoms with van der Waals surface area (Å²) in [5.74, 6) is 5.56. The lowest BCUT2D eigenvalue weighted by molar-refractivity contribution is -0.125. The summed E-state index contributed by atoms with van der Waals surface area (Å²) in [5, 5.41) is 7.16. The van der Waals surface area contributed by atoms with Gasteiger partial charge in [-0.05, 0) is 31.5 Å². The Labute approximate surface area is 181 Å². The normalized spacial score (nSPS) is 12.4. The summed E-state index contributed by atoms with van der Waals surface area (Å²) in [6.45, 7) is 16.3. The van der Waals surface area contributed by atoms with Gasteiger partial charge >= 0.3 is 0 Å². The topological polar surface area (TPSA) is 70.4 Å². The highest BCUT2D eigenvalue weighted by Crippen LogP contribution is 2.11. The van der Waals surface area contributed by atoms with E-state index in [2.05, 4.69) is 49.8 Å². The number of carbonyl (C=O) groups is 1. The zero-order valence-corrected chi connectivity index (χ0v) is 18.5. The third-order valence-electron chi connectivity index (χ3n) is 3.93. The van der Waals surface area contributed by atoms with Gasteiger partial charge in [0.25, 0.3) is 5.91 Å². The van der Waals surface area contributed by atoms with Crippen LogP contribution in [0.5, 0.6) is 0 Å². The van der Waals surface area contributed by atoms with E-state index in [1.165, 1.54) is 23.6 Å². The SMILES string of the molecule is C=C(C)c1ccccc1.C=C1NC(CNc2ccc(C)cc2)=CC(=O)N1N.CCC. The fraction of sp³-hybridized carbons (Fsp3) is 0.240. The van der Waals surface area contributed by atoms with E-state index in [1.54, 1.807) is 0 Å². The van der Waals surface area contributed by atoms with E-state index in [4.69, 9.17) is 5.84 Å². The summed E-state index contributed by atoms with van der Waals surface area (Å²) in [6.07, 6.45) is 2.70. The number of allylic oxidation sites excluding steroid dienone is 1. The second kappa shape index (κ2) is 13.0. The van der Waals surface area contributed by atoms with Gasteiger partial charge in [0.05, 0.1) is 6.54 Å². The van der Waals surface area contributed by atoms with Gasteiger partial charge in [-0.1, -0.05) is 87.0 Å². The molecule has 160 valence electrons. The number of nitrogens with one attached hydrogen (secondary N) is 2. The minimum absolute atomic E-state index is 0.278. The molecular weight excluding hydrogens is 372 g/mol. The molecule has 5 heteroatoms. The predicted octanol–water partition coefficient (Wildman–Crippen LogP) is 5.20. The van der Waals surface area contributed by atoms with Crippen molar-refractivity contribution >= 4 is 17.2 Å². The van der Waals surface area contributed by atoms with E-state index in [0.29, 0.717) is 12.4 Å². The first-order valence-electron chi connectivity index (χ1n) is 10.0. The smallest absolute Gasteiger partial charge is 0.268 e. The number of benzene rings is 2. The van der Waals surface area contributed by atoms with Crippen molar-refractivity contribution in [1.29, 1.82) is 0 Å². The van der Waals surface area contributed by atoms with Gasteiger partial charge < -0.3 is 10.6 Å². The van der Waals surface area contributed by atoms with Crippen molar-refractivity contribution < 1.29 is 4.79 Å². The molecule has 0 fully saturated rings. The largest absolute Gasteiger partial charge is 0.379 e. The van der Waals surface area contributed by atoms with Crippen molar-refractivity contribution in [3.63, 3.8) is 0 Å². The Hall–Kier alpha value is -3.31. The third kappa shape index (κ3) is 8.80. The van der Waals surface area contributed by atoms with E-state index < -0.39 is 0 Å². The van der Waals surface area contributed by atoms with Crippen molar-refractivity contribution in [1.82, 2.24) is 10.3 Å². The molecule has 2 aromatic carbocycles. The van der Waals surface area contributed by atoms with E-state index in [-0.39, 0.29) is 5.91 Å². The summed E-state index contributed by atoms with van der Waals surface area (Å²) in [7, 11) is 0. The van der Waals surface area contributed by atoms with Crippen molar-refractivity contribution in [2.45, 2.75) is 34.1 Å². The zero-order valence-electron chi connectivity index (χ0n) is 18.5. The van der Waals surface area contributed by atoms with Crippen LogP contribution in [-0.2, 0) is 4.79 Å². The second-order valence-electron chi connectivity index (χ2n) is 7.02. The van der Waals surface area contributed by atoms with Crippen LogP contribution in [0.2, 0.25) is 0 Å². The number of hydrogen-bond donors (Lipinski definition) is 3. The van der Waals surface area contributed by atoms with Crippen LogP contribution in [-0.4, -0.2) is 17.5 Å². The maximum absolute atomic E-state index is 11.5. The standard InChI is InChI=1S/C13H16N4O.C9H10.C3H8/c1-9-3-5-11(6-4-9)15-8-12-7-13(18)17(14)10(2)16-12;1-8(2)9-6-4-3-5-7-9;1-3-2/h3-7,15-16H,2,8,14H2,1H3;3-7H,1H2,2H3;3H2,1-2H3. The molecule has 30 heavy (non-hydrogen) atoms. The molecule has 1 aliphatic rings. The van der Waals surface area contributed by atoms with Crippen LogP contribution in [0.25, 0.3) is 5.57 Å². The molecule has 1 amide bonds. The third-order valence-corrected chi connectivity index (χ3v) is 3.93. The van der Waals surface area contributed by atoms with Gasteiger partial charge in [0, 0.05) is 17.5 Å². The zero-order chi connectivity index (χ0) is 22.5. The van der Waals surface area contributed by atoms with Crippen LogP contribution in [0.3, 0.4) is 0 Å². The van der Waals surface area contributed by atoms with E-state index in [0.717, 1.165) is 22.0 Å². The number of aryl methyl sites for hydroxylation is 1. The molecule has 0 spiro atoms. The van der Waals surface area contributed by atoms with E-state index in [9.17, 15) is 4.79 Å². The lowest BCUT2D eigenvalue weighted by Crippen LogP contribution is -2.45. The van der Waals surface area contributed by atoms with Crippen LogP contribution in [0.1, 0.15) is 38.3 Å². The van der Waals surface area contributed by atoms with E-state index >= 15 is 0 Å². The van der Waals surface area contributed by atoms with Crippen LogP contribution >= 0.6 is 0 Å². The maximum Gasteiger partial charge on any atom is 0.268 e. The minimum Gasteiger partial charge on any atom is -0.379 e. The van der Waals surface area contributed by atoms with Crippen LogP contribution in [0.15, 0.2) is 85.3 Å². The Bertz CT molecular complexity index is 854. The number of rotatable bonds is 4. The van der Waals surface area contributed by atoms with Crippen LogP contribution in [0, 0.1) is 6.92 Å². The molecule has 0 saturated heterocycles. The summed E-state index contributed by atoms with van der Waals surface area (Å²) in [6, 6.07) is 18.2. The summed E-state index contributed by atoms with van der Waals surface area (Å²) in [4.78, 5) is 11.5. The maximum atomic E-state index is 11.5. The Morgan fingerprint density at radius 1 is 1.10 bits per heavy atom. The highest BCUT2D eigenvalue weighted by Gasteiger charge is 2.17. The first-order valence-corrected chi connectivity index (χ1v) is 10.0. The molecule has 1 aliphatic heterocycles. The van der Waals surface area contributed by atoms with Gasteiger partial charge in [0.2, 0.25) is 0 Å². The van der Waals surface area contributed by atoms with E-state index in [1.807, 2.05) is 56.3 Å². The Balaban J connectivity index is 0.000000313. The van der Waals surface area contributed by atoms with Gasteiger partial charge in [-0.2, -0.15) is 0 Å². The predicted molar refractivity (Wildman–Crippen MR) is 128 cm³/mol. The molecule has 0 radical (unpaired) electrons. The van der Waals surface area contributed by atoms with Crippen molar-refractivity contribution in [3.8, 4) is 0 Å². The molecule has 3 rings (SSSR count). The number of hydrogen-bond acceptors (Lipinski definition) is 4. The average molecular weight is 407 g/mol. The Morgan fingerprint density at radius 2 is 1.67 bits per heavy atom. The lowest BCUT2D eigenvalue weighted by atomic mass is 10.1. The molecule has 5 nitrogen and oxygen atoms in total. The highest BCUT2D eigenvalue weighted by atomic mass is 16.2. The molecule has 0 unspecified atom stereocenters. The van der Waals surface area contributed by atoms with Crippen molar-refractivity contribution in [3.05, 3.63) is 96.5 Å². The number of anilines is 1. The second-order valence-corrected chi connectivity index (χ2v) is 7.02. The average Bonchev–Trinajstić information content (AvgIpc) is 2.73. The van der Waals surface area contributed by atoms with Gasteiger partial charge in [-0.15, -0.1) is 0 Å². The quantitative estimate of drug-likeness (QED) is 0.482. The molecule has 0 atom stereocenters. The number of amides is 1. The molecule has 1 heterocycles. The van der Waals surface area contributed by atoms with Gasteiger partial charge in [0.1, 0.15) is 5.82 Å². The summed E-state index contributed by atoms with van der Waals surface area (Å²) < 4.78 is 0. The molecule has 0 aromatic heterocycles. The lowest BCUT2D eigenvalue weighted by Gasteiger charge is -2.25. The molecule has 4 N–H and O–H groups in total. The summed E-state index contributed by atoms with van der Waals surface area (Å²) >= 11 is 0. The number of carbonyl (C=O) groups excluding carboxylic acids is 1. The van der Waals surface area contributed by atoms with Gasteiger partial charge in [0.15, 0.2) is 0 Å². The van der Waals surface area contributed by atoms with Crippen molar-refractivity contribution in [2.75, 3.05) is 11.9 Å². The molecule has 0 aliphatic carbocycles. The Kier molecular flexibility index (Phi) is 10.7. The van der Waals surface area contributed by atoms with Crippen LogP contribution < -0.4 is 16.5 Å². The number of nitrogens with two attached hydrogens (primary N) is 1. The first-order chi connectivity index (χ1) is 14.3. The molecule has 0 saturated carbocycles. The monoisotopic (exact) mass is 406 g/mol. The first kappa shape index (κ1) is 24.7. The Morgan fingerprint density at radius 3 is 2.13 bits per heavy atom. The summed E-state index contributed by atoms with van der Waals surface area (Å²) in [5.41, 5.74) is 5.29. The van der Waals surface area contributed by atoms with Gasteiger partial charge in [-0.3, -0.25) is 4.79 Å². The number of nitrogens with zero attached hydrogens (tertiary/aromatic N) is 1. The van der Waals surface area contributed by atoms with Crippen LogP contribution in [0.4, 0.5) is 5.69 Å². The highest BCUT2D eigenvalue weighted by molar-refractivity contribution is 5.90. The number of hydrazine groups is 1. The molecular formula is C25H34N4O.